The van der Waals surface area contributed by atoms with Crippen molar-refractivity contribution in [3.63, 3.8) is 0 Å². The molecule has 4 heteroatoms. The van der Waals surface area contributed by atoms with E-state index < -0.39 is 11.6 Å². The Morgan fingerprint density at radius 2 is 1.75 bits per heavy atom. The summed E-state index contributed by atoms with van der Waals surface area (Å²) >= 11 is 11.4. The maximum absolute atomic E-state index is 13.6. The predicted molar refractivity (Wildman–Crippen MR) is 60.7 cm³/mol. The van der Waals surface area contributed by atoms with Crippen LogP contribution < -0.4 is 0 Å². The molecule has 0 saturated carbocycles. The largest absolute Gasteiger partial charge is 0.207 e. The lowest BCUT2D eigenvalue weighted by molar-refractivity contribution is 0.624. The van der Waals surface area contributed by atoms with Crippen molar-refractivity contribution in [2.75, 3.05) is 0 Å². The summed E-state index contributed by atoms with van der Waals surface area (Å²) in [6.45, 7) is 0. The minimum atomic E-state index is -0.548. The normalized spacial score (nSPS) is 10.5. The molecule has 16 heavy (non-hydrogen) atoms. The lowest BCUT2D eigenvalue weighted by Gasteiger charge is -2.06. The van der Waals surface area contributed by atoms with Crippen LogP contribution in [0.15, 0.2) is 30.3 Å². The van der Waals surface area contributed by atoms with E-state index in [0.717, 1.165) is 18.2 Å². The molecule has 2 aromatic rings. The van der Waals surface area contributed by atoms with Gasteiger partial charge in [0.05, 0.1) is 5.02 Å². The zero-order valence-corrected chi connectivity index (χ0v) is 9.41. The molecule has 0 bridgehead atoms. The summed E-state index contributed by atoms with van der Waals surface area (Å²) in [5.41, 5.74) is 0.459. The molecule has 2 aromatic carbocycles. The average Bonchev–Trinajstić information content (AvgIpc) is 2.22. The van der Waals surface area contributed by atoms with E-state index in [0.29, 0.717) is 0 Å². The second-order valence-electron chi connectivity index (χ2n) is 3.17. The van der Waals surface area contributed by atoms with E-state index in [-0.39, 0.29) is 21.2 Å². The zero-order chi connectivity index (χ0) is 11.7. The van der Waals surface area contributed by atoms with Crippen molar-refractivity contribution < 1.29 is 8.78 Å². The molecule has 0 aliphatic carbocycles. The first-order valence-corrected chi connectivity index (χ1v) is 5.15. The maximum Gasteiger partial charge on any atom is 0.132 e. The van der Waals surface area contributed by atoms with E-state index in [9.17, 15) is 8.78 Å². The van der Waals surface area contributed by atoms with Crippen LogP contribution in [0.4, 0.5) is 8.78 Å². The molecule has 0 heterocycles. The number of halogens is 4. The van der Waals surface area contributed by atoms with Gasteiger partial charge in [-0.2, -0.15) is 0 Å². The van der Waals surface area contributed by atoms with Gasteiger partial charge in [-0.1, -0.05) is 23.2 Å². The predicted octanol–water partition coefficient (Wildman–Crippen LogP) is 4.74. The second-order valence-corrected chi connectivity index (χ2v) is 3.98. The lowest BCUT2D eigenvalue weighted by atomic mass is 10.1. The van der Waals surface area contributed by atoms with Gasteiger partial charge < -0.3 is 0 Å². The van der Waals surface area contributed by atoms with Gasteiger partial charge in [-0.3, -0.25) is 0 Å². The van der Waals surface area contributed by atoms with Gasteiger partial charge in [-0.25, -0.2) is 8.78 Å². The van der Waals surface area contributed by atoms with Crippen molar-refractivity contribution in [3.8, 4) is 11.1 Å². The van der Waals surface area contributed by atoms with Crippen molar-refractivity contribution in [2.24, 2.45) is 0 Å². The first kappa shape index (κ1) is 11.4. The van der Waals surface area contributed by atoms with E-state index in [1.807, 2.05) is 0 Å². The summed E-state index contributed by atoms with van der Waals surface area (Å²) in [6.07, 6.45) is 0. The number of benzene rings is 2. The third-order valence-electron chi connectivity index (χ3n) is 2.08. The highest BCUT2D eigenvalue weighted by atomic mass is 35.5. The molecule has 0 saturated heterocycles. The highest BCUT2D eigenvalue weighted by Gasteiger charge is 2.10. The second kappa shape index (κ2) is 4.40. The van der Waals surface area contributed by atoms with E-state index in [2.05, 4.69) is 6.07 Å². The molecular weight excluding hydrogens is 253 g/mol. The number of hydrogen-bond acceptors (Lipinski definition) is 0. The molecule has 0 aromatic heterocycles. The van der Waals surface area contributed by atoms with Gasteiger partial charge in [0, 0.05) is 22.2 Å². The van der Waals surface area contributed by atoms with Gasteiger partial charge in [-0.15, -0.1) is 0 Å². The molecule has 1 radical (unpaired) electrons. The minimum absolute atomic E-state index is 0.169. The Hall–Kier alpha value is -1.12. The average molecular weight is 258 g/mol. The third kappa shape index (κ3) is 2.18. The van der Waals surface area contributed by atoms with E-state index in [1.165, 1.54) is 12.1 Å². The minimum Gasteiger partial charge on any atom is -0.207 e. The van der Waals surface area contributed by atoms with E-state index >= 15 is 0 Å². The molecule has 0 spiro atoms. The number of hydrogen-bond donors (Lipinski definition) is 0. The fourth-order valence-electron chi connectivity index (χ4n) is 1.36. The van der Waals surface area contributed by atoms with Gasteiger partial charge in [0.25, 0.3) is 0 Å². The Balaban J connectivity index is 2.62. The fourth-order valence-corrected chi connectivity index (χ4v) is 1.73. The first-order chi connectivity index (χ1) is 7.58. The van der Waals surface area contributed by atoms with Crippen LogP contribution in [0.5, 0.6) is 0 Å². The highest BCUT2D eigenvalue weighted by Crippen LogP contribution is 2.31. The summed E-state index contributed by atoms with van der Waals surface area (Å²) in [5.74, 6) is -1.07. The third-order valence-corrected chi connectivity index (χ3v) is 2.62. The molecule has 0 atom stereocenters. The van der Waals surface area contributed by atoms with Crippen molar-refractivity contribution in [2.45, 2.75) is 0 Å². The van der Waals surface area contributed by atoms with E-state index in [4.69, 9.17) is 23.2 Å². The SMILES string of the molecule is Fc1c[c]c(Cl)c(-c2ccc(Cl)cc2F)c1. The van der Waals surface area contributed by atoms with Crippen LogP contribution in [0, 0.1) is 17.7 Å². The summed E-state index contributed by atoms with van der Waals surface area (Å²) in [5, 5.41) is 0.445. The number of rotatable bonds is 1. The van der Waals surface area contributed by atoms with E-state index in [1.54, 1.807) is 0 Å². The summed E-state index contributed by atoms with van der Waals surface area (Å²) in [7, 11) is 0. The van der Waals surface area contributed by atoms with Crippen LogP contribution in [0.3, 0.4) is 0 Å². The Kier molecular flexibility index (Phi) is 3.13. The van der Waals surface area contributed by atoms with Crippen LogP contribution in [-0.4, -0.2) is 0 Å². The molecule has 0 fully saturated rings. The molecule has 81 valence electrons. The summed E-state index contributed by atoms with van der Waals surface area (Å²) in [6, 6.07) is 8.87. The topological polar surface area (TPSA) is 0 Å². The Morgan fingerprint density at radius 1 is 1.00 bits per heavy atom. The van der Waals surface area contributed by atoms with Gasteiger partial charge in [-0.05, 0) is 30.3 Å². The van der Waals surface area contributed by atoms with Gasteiger partial charge in [0.1, 0.15) is 11.6 Å². The summed E-state index contributed by atoms with van der Waals surface area (Å²) < 4.78 is 26.6. The molecule has 0 N–H and O–H groups in total. The maximum atomic E-state index is 13.6. The molecule has 0 aliphatic rings. The Labute approximate surface area is 101 Å². The van der Waals surface area contributed by atoms with Gasteiger partial charge in [0.15, 0.2) is 0 Å². The zero-order valence-electron chi connectivity index (χ0n) is 7.90. The van der Waals surface area contributed by atoms with Crippen molar-refractivity contribution in [1.29, 1.82) is 0 Å². The van der Waals surface area contributed by atoms with Gasteiger partial charge >= 0.3 is 0 Å². The fraction of sp³-hybridized carbons (Fsp3) is 0. The summed E-state index contributed by atoms with van der Waals surface area (Å²) in [4.78, 5) is 0. The van der Waals surface area contributed by atoms with Crippen molar-refractivity contribution in [3.05, 3.63) is 58.1 Å². The van der Waals surface area contributed by atoms with Crippen molar-refractivity contribution >= 4 is 23.2 Å². The van der Waals surface area contributed by atoms with Crippen LogP contribution in [0.2, 0.25) is 10.0 Å². The van der Waals surface area contributed by atoms with Crippen LogP contribution in [-0.2, 0) is 0 Å². The smallest absolute Gasteiger partial charge is 0.132 e. The lowest BCUT2D eigenvalue weighted by Crippen LogP contribution is -1.87. The monoisotopic (exact) mass is 257 g/mol. The first-order valence-electron chi connectivity index (χ1n) is 4.40. The molecule has 0 amide bonds. The van der Waals surface area contributed by atoms with Crippen LogP contribution >= 0.6 is 23.2 Å². The van der Waals surface area contributed by atoms with Crippen molar-refractivity contribution in [1.82, 2.24) is 0 Å². The Morgan fingerprint density at radius 3 is 2.44 bits per heavy atom. The molecule has 2 rings (SSSR count). The standard InChI is InChI=1S/C12H5Cl2F2/c13-7-1-3-9(12(16)5-7)10-6-8(15)2-4-11(10)14/h1-3,5-6H. The molecule has 0 aliphatic heterocycles. The highest BCUT2D eigenvalue weighted by molar-refractivity contribution is 6.33. The van der Waals surface area contributed by atoms with Crippen LogP contribution in [0.25, 0.3) is 11.1 Å². The molecule has 0 nitrogen and oxygen atoms in total. The molecule has 0 unspecified atom stereocenters. The van der Waals surface area contributed by atoms with Crippen LogP contribution in [0.1, 0.15) is 0 Å². The Bertz CT molecular complexity index is 539. The quantitative estimate of drug-likeness (QED) is 0.693. The van der Waals surface area contributed by atoms with Gasteiger partial charge in [0.2, 0.25) is 0 Å². The molecular formula is C12H5Cl2F2.